The number of hydrogen-bond donors (Lipinski definition) is 3. The monoisotopic (exact) mass is 515 g/mol. The molecule has 1 rings (SSSR count). The minimum Gasteiger partial charge on any atom is -0.744 e. The van der Waals surface area contributed by atoms with Crippen molar-refractivity contribution in [3.05, 3.63) is 29.8 Å². The summed E-state index contributed by atoms with van der Waals surface area (Å²) in [7, 11) is 2.27. The molecule has 5 N–H and O–H groups in total. The van der Waals surface area contributed by atoms with Gasteiger partial charge in [0, 0.05) is 19.3 Å². The molecule has 0 atom stereocenters. The highest BCUT2D eigenvalue weighted by Gasteiger charge is 2.01. The Balaban J connectivity index is 0.000000761. The van der Waals surface area contributed by atoms with Gasteiger partial charge in [0.25, 0.3) is 0 Å². The molecule has 0 spiro atoms. The number of nitrogens with two attached hydrogens (primary N) is 2. The van der Waals surface area contributed by atoms with Crippen LogP contribution in [0.1, 0.15) is 96.0 Å². The lowest BCUT2D eigenvalue weighted by molar-refractivity contribution is -0.860. The van der Waals surface area contributed by atoms with Crippen LogP contribution in [0.4, 0.5) is 0 Å². The Hall–Kier alpha value is -0.990. The zero-order valence-corrected chi connectivity index (χ0v) is 24.1. The second kappa shape index (κ2) is 23.4. The van der Waals surface area contributed by atoms with E-state index in [2.05, 4.69) is 38.7 Å². The molecule has 1 aromatic carbocycles. The number of nitrogens with one attached hydrogen (secondary N) is 1. The molecule has 0 radical (unpaired) electrons. The van der Waals surface area contributed by atoms with E-state index in [9.17, 15) is 13.0 Å². The molecular weight excluding hydrogens is 458 g/mol. The summed E-state index contributed by atoms with van der Waals surface area (Å²) in [6, 6.07) is 6.32. The van der Waals surface area contributed by atoms with Gasteiger partial charge in [-0.05, 0) is 30.5 Å². The number of aryl methyl sites for hydroxylation is 1. The highest BCUT2D eigenvalue weighted by atomic mass is 32.2. The van der Waals surface area contributed by atoms with Crippen molar-refractivity contribution in [3.8, 4) is 0 Å². The topological polar surface area (TPSA) is 94.9 Å². The third-order valence-corrected chi connectivity index (χ3v) is 7.12. The normalized spacial score (nSPS) is 11.5. The van der Waals surface area contributed by atoms with Crippen LogP contribution in [0.5, 0.6) is 0 Å². The molecule has 0 saturated heterocycles. The van der Waals surface area contributed by atoms with Gasteiger partial charge in [-0.25, -0.2) is 8.42 Å². The van der Waals surface area contributed by atoms with Gasteiger partial charge >= 0.3 is 0 Å². The van der Waals surface area contributed by atoms with E-state index >= 15 is 0 Å². The van der Waals surface area contributed by atoms with E-state index in [1.165, 1.54) is 115 Å². The number of unbranched alkanes of at least 4 members (excludes halogenated alkanes) is 10. The van der Waals surface area contributed by atoms with Crippen molar-refractivity contribution in [3.63, 3.8) is 0 Å². The van der Waals surface area contributed by atoms with Crippen LogP contribution in [0.3, 0.4) is 0 Å². The maximum absolute atomic E-state index is 10.8. The Morgan fingerprint density at radius 3 is 1.77 bits per heavy atom. The minimum absolute atomic E-state index is 0.140. The van der Waals surface area contributed by atoms with Crippen molar-refractivity contribution in [1.29, 1.82) is 0 Å². The SMILES string of the molecule is CCCCCCCCCCCCc1ccc(S(=O)(=O)[O-])cc1.C[NH2+]CCCC[NH2+]CCC[NH+](C)C. The van der Waals surface area contributed by atoms with Crippen LogP contribution >= 0.6 is 0 Å². The third-order valence-electron chi connectivity index (χ3n) is 6.27. The molecule has 7 heteroatoms. The molecule has 0 amide bonds. The summed E-state index contributed by atoms with van der Waals surface area (Å²) in [5, 5.41) is 4.72. The Morgan fingerprint density at radius 1 is 0.743 bits per heavy atom. The summed E-state index contributed by atoms with van der Waals surface area (Å²) >= 11 is 0. The van der Waals surface area contributed by atoms with E-state index < -0.39 is 10.1 Å². The first-order chi connectivity index (χ1) is 16.8. The van der Waals surface area contributed by atoms with Gasteiger partial charge in [0.2, 0.25) is 0 Å². The minimum atomic E-state index is -4.31. The number of benzene rings is 1. The largest absolute Gasteiger partial charge is 0.744 e. The van der Waals surface area contributed by atoms with Crippen molar-refractivity contribution in [1.82, 2.24) is 0 Å². The highest BCUT2D eigenvalue weighted by molar-refractivity contribution is 7.85. The number of hydrogen-bond acceptors (Lipinski definition) is 3. The van der Waals surface area contributed by atoms with Crippen LogP contribution in [0, 0.1) is 0 Å². The van der Waals surface area contributed by atoms with E-state index in [4.69, 9.17) is 0 Å². The molecule has 0 aliphatic carbocycles. The molecule has 0 saturated carbocycles. The van der Waals surface area contributed by atoms with Crippen molar-refractivity contribution in [2.24, 2.45) is 0 Å². The van der Waals surface area contributed by atoms with Gasteiger partial charge in [0.15, 0.2) is 0 Å². The van der Waals surface area contributed by atoms with Gasteiger partial charge in [0.05, 0.1) is 52.2 Å². The predicted molar refractivity (Wildman–Crippen MR) is 146 cm³/mol. The quantitative estimate of drug-likeness (QED) is 0.173. The van der Waals surface area contributed by atoms with Crippen LogP contribution in [-0.4, -0.2) is 60.3 Å². The second-order valence-electron chi connectivity index (χ2n) is 10.1. The average Bonchev–Trinajstić information content (AvgIpc) is 2.82. The molecular formula is C28H57N3O3S+2. The van der Waals surface area contributed by atoms with Crippen molar-refractivity contribution in [2.45, 2.75) is 102 Å². The van der Waals surface area contributed by atoms with E-state index in [-0.39, 0.29) is 4.90 Å². The standard InChI is InChI=1S/C18H30O3S.C10H25N3/c1-2-3-4-5-6-7-8-9-10-11-12-17-13-15-18(16-14-17)22(19,20)21;1-11-7-4-5-8-12-9-6-10-13(2)3/h13-16H,2-12H2,1H3,(H,19,20,21);11-12H,4-10H2,1-3H3/p+2. The molecule has 0 aromatic heterocycles. The zero-order chi connectivity index (χ0) is 26.2. The maximum atomic E-state index is 10.8. The summed E-state index contributed by atoms with van der Waals surface area (Å²) in [5.41, 5.74) is 1.10. The molecule has 0 aliphatic heterocycles. The smallest absolute Gasteiger partial charge is 0.124 e. The number of quaternary nitrogens is 3. The molecule has 6 nitrogen and oxygen atoms in total. The average molecular weight is 516 g/mol. The first-order valence-electron chi connectivity index (χ1n) is 14.2. The molecule has 206 valence electrons. The fraction of sp³-hybridized carbons (Fsp3) is 0.786. The molecule has 35 heavy (non-hydrogen) atoms. The molecule has 0 heterocycles. The lowest BCUT2D eigenvalue weighted by atomic mass is 10.0. The van der Waals surface area contributed by atoms with Crippen molar-refractivity contribution in [2.75, 3.05) is 47.3 Å². The lowest BCUT2D eigenvalue weighted by Crippen LogP contribution is -3.06. The summed E-state index contributed by atoms with van der Waals surface area (Å²) in [6.45, 7) is 7.46. The van der Waals surface area contributed by atoms with E-state index in [1.807, 2.05) is 0 Å². The van der Waals surface area contributed by atoms with Crippen LogP contribution in [0.25, 0.3) is 0 Å². The van der Waals surface area contributed by atoms with E-state index in [0.29, 0.717) is 0 Å². The Labute approximate surface area is 217 Å². The Bertz CT molecular complexity index is 679. The third kappa shape index (κ3) is 23.2. The van der Waals surface area contributed by atoms with Crippen LogP contribution < -0.4 is 15.5 Å². The first-order valence-corrected chi connectivity index (χ1v) is 15.7. The second-order valence-corrected chi connectivity index (χ2v) is 11.5. The van der Waals surface area contributed by atoms with Crippen molar-refractivity contribution < 1.29 is 28.5 Å². The van der Waals surface area contributed by atoms with Crippen molar-refractivity contribution >= 4 is 10.1 Å². The van der Waals surface area contributed by atoms with Crippen LogP contribution in [0.15, 0.2) is 29.2 Å². The predicted octanol–water partition coefficient (Wildman–Crippen LogP) is 2.11. The summed E-state index contributed by atoms with van der Waals surface area (Å²) in [6.07, 6.45) is 18.1. The summed E-state index contributed by atoms with van der Waals surface area (Å²) < 4.78 is 32.5. The van der Waals surface area contributed by atoms with E-state index in [0.717, 1.165) is 18.4 Å². The van der Waals surface area contributed by atoms with Gasteiger partial charge in [-0.1, -0.05) is 76.8 Å². The molecule has 1 aromatic rings. The van der Waals surface area contributed by atoms with Gasteiger partial charge in [-0.15, -0.1) is 0 Å². The molecule has 0 bridgehead atoms. The van der Waals surface area contributed by atoms with Crippen LogP contribution in [-0.2, 0) is 16.5 Å². The fourth-order valence-electron chi connectivity index (χ4n) is 4.02. The van der Waals surface area contributed by atoms with Gasteiger partial charge in [-0.3, -0.25) is 0 Å². The maximum Gasteiger partial charge on any atom is 0.124 e. The molecule has 0 unspecified atom stereocenters. The summed E-state index contributed by atoms with van der Waals surface area (Å²) in [5.74, 6) is 0. The Morgan fingerprint density at radius 2 is 1.26 bits per heavy atom. The highest BCUT2D eigenvalue weighted by Crippen LogP contribution is 2.14. The van der Waals surface area contributed by atoms with E-state index in [1.54, 1.807) is 17.0 Å². The molecule has 0 fully saturated rings. The lowest BCUT2D eigenvalue weighted by Gasteiger charge is -2.08. The number of rotatable bonds is 21. The molecule has 0 aliphatic rings. The fourth-order valence-corrected chi connectivity index (χ4v) is 4.49. The van der Waals surface area contributed by atoms with Gasteiger partial charge in [-0.2, -0.15) is 0 Å². The summed E-state index contributed by atoms with van der Waals surface area (Å²) in [4.78, 5) is 1.42. The zero-order valence-electron chi connectivity index (χ0n) is 23.3. The van der Waals surface area contributed by atoms with Crippen LogP contribution in [0.2, 0.25) is 0 Å². The Kier molecular flexibility index (Phi) is 22.7. The van der Waals surface area contributed by atoms with Gasteiger partial charge < -0.3 is 20.1 Å². The first kappa shape index (κ1) is 34.0. The van der Waals surface area contributed by atoms with Gasteiger partial charge in [0.1, 0.15) is 10.1 Å².